The zero-order chi connectivity index (χ0) is 13.9. The number of hydrogen-bond acceptors (Lipinski definition) is 5. The first-order valence-corrected chi connectivity index (χ1v) is 6.46. The first-order chi connectivity index (χ1) is 8.55. The summed E-state index contributed by atoms with van der Waals surface area (Å²) in [6.45, 7) is 6.12. The van der Waals surface area contributed by atoms with Gasteiger partial charge < -0.3 is 20.1 Å². The Labute approximate surface area is 111 Å². The summed E-state index contributed by atoms with van der Waals surface area (Å²) in [4.78, 5) is 2.33. The molecule has 1 atom stereocenters. The molecule has 0 saturated heterocycles. The fourth-order valence-corrected chi connectivity index (χ4v) is 1.71. The van der Waals surface area contributed by atoms with Crippen molar-refractivity contribution in [3.8, 4) is 6.07 Å². The van der Waals surface area contributed by atoms with Crippen LogP contribution in [0, 0.1) is 11.3 Å². The van der Waals surface area contributed by atoms with E-state index in [1.807, 2.05) is 0 Å². The molecule has 106 valence electrons. The number of methoxy groups -OCH3 is 2. The molecule has 0 heterocycles. The second kappa shape index (κ2) is 10.3. The molecule has 0 aromatic heterocycles. The number of nitrogens with two attached hydrogens (primary N) is 1. The average molecular weight is 257 g/mol. The van der Waals surface area contributed by atoms with Gasteiger partial charge >= 0.3 is 0 Å². The third-order valence-electron chi connectivity index (χ3n) is 2.86. The fraction of sp³-hybridized carbons (Fsp3) is 0.923. The minimum atomic E-state index is -0.709. The lowest BCUT2D eigenvalue weighted by Gasteiger charge is -2.23. The van der Waals surface area contributed by atoms with Gasteiger partial charge in [0.15, 0.2) is 0 Å². The summed E-state index contributed by atoms with van der Waals surface area (Å²) in [6.07, 6.45) is 2.66. The molecule has 0 aromatic carbocycles. The van der Waals surface area contributed by atoms with Gasteiger partial charge in [0.05, 0.1) is 12.7 Å². The van der Waals surface area contributed by atoms with Gasteiger partial charge in [0.1, 0.15) is 5.54 Å². The lowest BCUT2D eigenvalue weighted by molar-refractivity contribution is 0.131. The van der Waals surface area contributed by atoms with Crippen molar-refractivity contribution < 1.29 is 9.47 Å². The number of nitrogens with zero attached hydrogens (tertiary/aromatic N) is 2. The Morgan fingerprint density at radius 3 is 2.28 bits per heavy atom. The second-order valence-corrected chi connectivity index (χ2v) is 4.81. The van der Waals surface area contributed by atoms with Crippen molar-refractivity contribution in [3.05, 3.63) is 0 Å². The number of rotatable bonds is 11. The van der Waals surface area contributed by atoms with E-state index in [0.29, 0.717) is 0 Å². The predicted molar refractivity (Wildman–Crippen MR) is 72.2 cm³/mol. The molecule has 0 aliphatic rings. The minimum absolute atomic E-state index is 0.709. The van der Waals surface area contributed by atoms with Crippen molar-refractivity contribution >= 4 is 0 Å². The first-order valence-electron chi connectivity index (χ1n) is 6.46. The van der Waals surface area contributed by atoms with E-state index >= 15 is 0 Å². The van der Waals surface area contributed by atoms with E-state index in [1.165, 1.54) is 0 Å². The highest BCUT2D eigenvalue weighted by molar-refractivity contribution is 5.00. The van der Waals surface area contributed by atoms with Crippen LogP contribution in [0.2, 0.25) is 0 Å². The molecular weight excluding hydrogens is 230 g/mol. The van der Waals surface area contributed by atoms with E-state index in [2.05, 4.69) is 11.0 Å². The maximum atomic E-state index is 8.85. The molecule has 5 nitrogen and oxygen atoms in total. The van der Waals surface area contributed by atoms with Gasteiger partial charge in [0.25, 0.3) is 0 Å². The van der Waals surface area contributed by atoms with Crippen molar-refractivity contribution in [2.24, 2.45) is 5.73 Å². The Morgan fingerprint density at radius 1 is 1.11 bits per heavy atom. The standard InChI is InChI=1S/C13H27N3O2/c1-13(15,12-14)6-4-7-16(9-11-18-3)8-5-10-17-2/h4-11,15H2,1-3H3. The molecule has 0 rings (SSSR count). The van der Waals surface area contributed by atoms with Crippen molar-refractivity contribution in [2.75, 3.05) is 47.1 Å². The van der Waals surface area contributed by atoms with Crippen LogP contribution in [0.5, 0.6) is 0 Å². The Hall–Kier alpha value is -0.670. The van der Waals surface area contributed by atoms with Gasteiger partial charge in [0.2, 0.25) is 0 Å². The summed E-state index contributed by atoms with van der Waals surface area (Å²) in [7, 11) is 3.42. The molecular formula is C13H27N3O2. The van der Waals surface area contributed by atoms with Crippen molar-refractivity contribution in [1.82, 2.24) is 4.90 Å². The van der Waals surface area contributed by atoms with E-state index in [1.54, 1.807) is 21.1 Å². The third kappa shape index (κ3) is 9.37. The number of ether oxygens (including phenoxy) is 2. The molecule has 1 unspecified atom stereocenters. The van der Waals surface area contributed by atoms with E-state index < -0.39 is 5.54 Å². The van der Waals surface area contributed by atoms with Crippen LogP contribution in [-0.2, 0) is 9.47 Å². The molecule has 0 radical (unpaired) electrons. The van der Waals surface area contributed by atoms with E-state index in [-0.39, 0.29) is 0 Å². The van der Waals surface area contributed by atoms with Gasteiger partial charge in [-0.2, -0.15) is 5.26 Å². The maximum Gasteiger partial charge on any atom is 0.101 e. The molecule has 0 amide bonds. The highest BCUT2D eigenvalue weighted by Gasteiger charge is 2.17. The van der Waals surface area contributed by atoms with Crippen molar-refractivity contribution in [1.29, 1.82) is 5.26 Å². The lowest BCUT2D eigenvalue weighted by Crippen LogP contribution is -2.36. The van der Waals surface area contributed by atoms with Crippen LogP contribution < -0.4 is 5.73 Å². The monoisotopic (exact) mass is 257 g/mol. The van der Waals surface area contributed by atoms with E-state index in [0.717, 1.165) is 52.1 Å². The van der Waals surface area contributed by atoms with Gasteiger partial charge in [-0.3, -0.25) is 0 Å². The maximum absolute atomic E-state index is 8.85. The zero-order valence-corrected chi connectivity index (χ0v) is 11.9. The van der Waals surface area contributed by atoms with Gasteiger partial charge in [-0.05, 0) is 32.7 Å². The molecule has 0 bridgehead atoms. The van der Waals surface area contributed by atoms with Crippen LogP contribution in [0.1, 0.15) is 26.2 Å². The summed E-state index contributed by atoms with van der Waals surface area (Å²) in [5.41, 5.74) is 5.09. The van der Waals surface area contributed by atoms with E-state index in [4.69, 9.17) is 20.5 Å². The Balaban J connectivity index is 3.88. The molecule has 5 heteroatoms. The molecule has 18 heavy (non-hydrogen) atoms. The van der Waals surface area contributed by atoms with Crippen molar-refractivity contribution in [2.45, 2.75) is 31.7 Å². The van der Waals surface area contributed by atoms with Crippen LogP contribution >= 0.6 is 0 Å². The highest BCUT2D eigenvalue weighted by Crippen LogP contribution is 2.08. The number of hydrogen-bond donors (Lipinski definition) is 1. The topological polar surface area (TPSA) is 71.5 Å². The summed E-state index contributed by atoms with van der Waals surface area (Å²) in [5.74, 6) is 0. The lowest BCUT2D eigenvalue weighted by atomic mass is 9.99. The number of nitriles is 1. The average Bonchev–Trinajstić information content (AvgIpc) is 2.35. The van der Waals surface area contributed by atoms with Gasteiger partial charge in [-0.1, -0.05) is 0 Å². The SMILES string of the molecule is COCCCN(CCCC(C)(N)C#N)CCOC. The predicted octanol–water partition coefficient (Wildman–Crippen LogP) is 0.992. The summed E-state index contributed by atoms with van der Waals surface area (Å²) < 4.78 is 10.1. The van der Waals surface area contributed by atoms with Crippen LogP contribution in [0.3, 0.4) is 0 Å². The highest BCUT2D eigenvalue weighted by atomic mass is 16.5. The van der Waals surface area contributed by atoms with Gasteiger partial charge in [-0.15, -0.1) is 0 Å². The Kier molecular flexibility index (Phi) is 9.89. The minimum Gasteiger partial charge on any atom is -0.385 e. The molecule has 0 saturated carbocycles. The van der Waals surface area contributed by atoms with Crippen LogP contribution in [0.15, 0.2) is 0 Å². The first kappa shape index (κ1) is 17.3. The van der Waals surface area contributed by atoms with Crippen LogP contribution in [0.4, 0.5) is 0 Å². The summed E-state index contributed by atoms with van der Waals surface area (Å²) in [6, 6.07) is 2.13. The molecule has 0 fully saturated rings. The quantitative estimate of drug-likeness (QED) is 0.559. The van der Waals surface area contributed by atoms with Crippen molar-refractivity contribution in [3.63, 3.8) is 0 Å². The smallest absolute Gasteiger partial charge is 0.101 e. The van der Waals surface area contributed by atoms with Gasteiger partial charge in [0, 0.05) is 33.9 Å². The second-order valence-electron chi connectivity index (χ2n) is 4.81. The van der Waals surface area contributed by atoms with Gasteiger partial charge in [-0.25, -0.2) is 0 Å². The molecule has 2 N–H and O–H groups in total. The fourth-order valence-electron chi connectivity index (χ4n) is 1.71. The largest absolute Gasteiger partial charge is 0.385 e. The third-order valence-corrected chi connectivity index (χ3v) is 2.86. The molecule has 0 aromatic rings. The van der Waals surface area contributed by atoms with Crippen LogP contribution in [-0.4, -0.2) is 57.5 Å². The summed E-state index contributed by atoms with van der Waals surface area (Å²) >= 11 is 0. The van der Waals surface area contributed by atoms with E-state index in [9.17, 15) is 0 Å². The summed E-state index contributed by atoms with van der Waals surface area (Å²) in [5, 5.41) is 8.85. The molecule has 0 aliphatic heterocycles. The zero-order valence-electron chi connectivity index (χ0n) is 11.9. The molecule has 0 spiro atoms. The Bertz CT molecular complexity index is 239. The Morgan fingerprint density at radius 2 is 1.72 bits per heavy atom. The van der Waals surface area contributed by atoms with Crippen LogP contribution in [0.25, 0.3) is 0 Å². The normalized spacial score (nSPS) is 14.4. The molecule has 0 aliphatic carbocycles.